The summed E-state index contributed by atoms with van der Waals surface area (Å²) in [6, 6.07) is 5.30. The van der Waals surface area contributed by atoms with Gasteiger partial charge in [0.25, 0.3) is 0 Å². The van der Waals surface area contributed by atoms with Gasteiger partial charge in [0.2, 0.25) is 0 Å². The quantitative estimate of drug-likeness (QED) is 0.490. The van der Waals surface area contributed by atoms with Crippen molar-refractivity contribution in [3.8, 4) is 0 Å². The lowest BCUT2D eigenvalue weighted by molar-refractivity contribution is -0.137. The van der Waals surface area contributed by atoms with E-state index in [4.69, 9.17) is 9.47 Å². The summed E-state index contributed by atoms with van der Waals surface area (Å²) in [7, 11) is 1.65. The van der Waals surface area contributed by atoms with Gasteiger partial charge in [-0.15, -0.1) is 0 Å². The second kappa shape index (κ2) is 11.0. The van der Waals surface area contributed by atoms with E-state index in [9.17, 15) is 13.2 Å². The van der Waals surface area contributed by atoms with Crippen LogP contribution in [0.2, 0.25) is 0 Å². The number of halogens is 3. The van der Waals surface area contributed by atoms with Crippen LogP contribution < -0.4 is 10.6 Å². The highest BCUT2D eigenvalue weighted by atomic mass is 19.4. The van der Waals surface area contributed by atoms with E-state index in [1.165, 1.54) is 0 Å². The molecular weight excluding hydrogens is 397 g/mol. The number of methoxy groups -OCH3 is 1. The molecule has 0 aromatic heterocycles. The zero-order chi connectivity index (χ0) is 22.2. The number of guanidine groups is 1. The molecule has 2 N–H and O–H groups in total. The number of benzene rings is 1. The van der Waals surface area contributed by atoms with E-state index < -0.39 is 11.7 Å². The smallest absolute Gasteiger partial charge is 0.379 e. The van der Waals surface area contributed by atoms with E-state index >= 15 is 0 Å². The molecule has 0 saturated carbocycles. The van der Waals surface area contributed by atoms with E-state index in [1.54, 1.807) is 19.2 Å². The Labute approximate surface area is 176 Å². The lowest BCUT2D eigenvalue weighted by Crippen LogP contribution is -2.46. The molecule has 6 nitrogen and oxygen atoms in total. The number of morpholine rings is 1. The Morgan fingerprint density at radius 3 is 2.33 bits per heavy atom. The van der Waals surface area contributed by atoms with E-state index in [2.05, 4.69) is 20.5 Å². The second-order valence-electron chi connectivity index (χ2n) is 7.82. The Hall–Kier alpha value is -1.84. The molecule has 1 fully saturated rings. The van der Waals surface area contributed by atoms with Gasteiger partial charge in [0.1, 0.15) is 0 Å². The monoisotopic (exact) mass is 430 g/mol. The molecule has 30 heavy (non-hydrogen) atoms. The van der Waals surface area contributed by atoms with Crippen LogP contribution in [-0.4, -0.2) is 69.5 Å². The lowest BCUT2D eigenvalue weighted by Gasteiger charge is -2.35. The number of ether oxygens (including phenoxy) is 2. The number of hydrogen-bond acceptors (Lipinski definition) is 4. The molecule has 9 heteroatoms. The van der Waals surface area contributed by atoms with Gasteiger partial charge in [-0.25, -0.2) is 0 Å². The zero-order valence-electron chi connectivity index (χ0n) is 18.2. The highest BCUT2D eigenvalue weighted by Crippen LogP contribution is 2.31. The molecule has 1 aliphatic heterocycles. The van der Waals surface area contributed by atoms with Crippen LogP contribution in [0.5, 0.6) is 0 Å². The van der Waals surface area contributed by atoms with Gasteiger partial charge < -0.3 is 20.1 Å². The van der Waals surface area contributed by atoms with Crippen LogP contribution in [0.4, 0.5) is 13.2 Å². The van der Waals surface area contributed by atoms with Crippen molar-refractivity contribution in [1.29, 1.82) is 0 Å². The molecule has 0 radical (unpaired) electrons. The Morgan fingerprint density at radius 1 is 1.17 bits per heavy atom. The van der Waals surface area contributed by atoms with Crippen LogP contribution in [0.15, 0.2) is 29.3 Å². The fourth-order valence-electron chi connectivity index (χ4n) is 3.11. The largest absolute Gasteiger partial charge is 0.416 e. The molecule has 0 bridgehead atoms. The van der Waals surface area contributed by atoms with Crippen LogP contribution in [0.1, 0.15) is 37.9 Å². The molecular formula is C21H33F3N4O2. The molecule has 1 saturated heterocycles. The summed E-state index contributed by atoms with van der Waals surface area (Å²) < 4.78 is 49.7. The molecule has 170 valence electrons. The summed E-state index contributed by atoms with van der Waals surface area (Å²) in [5.74, 6) is 0.646. The van der Waals surface area contributed by atoms with Gasteiger partial charge in [-0.3, -0.25) is 9.89 Å². The van der Waals surface area contributed by atoms with Gasteiger partial charge in [0.05, 0.1) is 37.0 Å². The van der Waals surface area contributed by atoms with Crippen LogP contribution >= 0.6 is 0 Å². The summed E-state index contributed by atoms with van der Waals surface area (Å²) in [5, 5.41) is 6.55. The third-order valence-corrected chi connectivity index (χ3v) is 5.09. The minimum absolute atomic E-state index is 0.101. The number of aliphatic imine (C=N–C) groups is 1. The predicted molar refractivity (Wildman–Crippen MR) is 112 cm³/mol. The van der Waals surface area contributed by atoms with Crippen molar-refractivity contribution in [3.63, 3.8) is 0 Å². The van der Waals surface area contributed by atoms with Crippen molar-refractivity contribution in [1.82, 2.24) is 15.5 Å². The van der Waals surface area contributed by atoms with Gasteiger partial charge in [-0.05, 0) is 38.5 Å². The first-order valence-electron chi connectivity index (χ1n) is 10.2. The first-order chi connectivity index (χ1) is 14.2. The fraction of sp³-hybridized carbons (Fsp3) is 0.667. The van der Waals surface area contributed by atoms with E-state index in [0.29, 0.717) is 38.8 Å². The Kier molecular flexibility index (Phi) is 8.93. The molecule has 1 aliphatic rings. The van der Waals surface area contributed by atoms with Gasteiger partial charge in [0, 0.05) is 33.3 Å². The predicted octanol–water partition coefficient (Wildman–Crippen LogP) is 3.06. The second-order valence-corrected chi connectivity index (χ2v) is 7.82. The van der Waals surface area contributed by atoms with Crippen molar-refractivity contribution in [2.45, 2.75) is 38.6 Å². The topological polar surface area (TPSA) is 58.1 Å². The van der Waals surface area contributed by atoms with Crippen molar-refractivity contribution in [2.75, 3.05) is 53.0 Å². The minimum atomic E-state index is -4.34. The first kappa shape index (κ1) is 24.4. The van der Waals surface area contributed by atoms with Gasteiger partial charge >= 0.3 is 6.18 Å². The molecule has 2 rings (SSSR count). The summed E-state index contributed by atoms with van der Waals surface area (Å²) in [6.45, 7) is 10.2. The molecule has 1 atom stereocenters. The van der Waals surface area contributed by atoms with Crippen molar-refractivity contribution < 1.29 is 22.6 Å². The minimum Gasteiger partial charge on any atom is -0.379 e. The van der Waals surface area contributed by atoms with Gasteiger partial charge in [-0.2, -0.15) is 13.2 Å². The van der Waals surface area contributed by atoms with Crippen LogP contribution in [0, 0.1) is 0 Å². The Bertz CT molecular complexity index is 672. The maximum Gasteiger partial charge on any atom is 0.416 e. The lowest BCUT2D eigenvalue weighted by atomic mass is 10.0. The Morgan fingerprint density at radius 2 is 1.80 bits per heavy atom. The molecule has 1 aromatic rings. The summed E-state index contributed by atoms with van der Waals surface area (Å²) in [4.78, 5) is 6.81. The maximum atomic E-state index is 13.0. The first-order valence-corrected chi connectivity index (χ1v) is 10.2. The summed E-state index contributed by atoms with van der Waals surface area (Å²) in [5.41, 5.74) is -0.207. The SMILES string of the molecule is CCNC(=NCC(C)(C)OC)NCC(c1ccc(C(F)(F)F)cc1)N1CCOCC1. The van der Waals surface area contributed by atoms with Crippen molar-refractivity contribution in [3.05, 3.63) is 35.4 Å². The van der Waals surface area contributed by atoms with Crippen molar-refractivity contribution >= 4 is 5.96 Å². The molecule has 1 aromatic carbocycles. The van der Waals surface area contributed by atoms with Crippen LogP contribution in [0.3, 0.4) is 0 Å². The van der Waals surface area contributed by atoms with Gasteiger partial charge in [0.15, 0.2) is 5.96 Å². The highest BCUT2D eigenvalue weighted by molar-refractivity contribution is 5.79. The average molecular weight is 431 g/mol. The van der Waals surface area contributed by atoms with Crippen LogP contribution in [-0.2, 0) is 15.7 Å². The molecule has 0 amide bonds. The molecule has 1 heterocycles. The summed E-state index contributed by atoms with van der Waals surface area (Å²) in [6.07, 6.45) is -4.34. The average Bonchev–Trinajstić information content (AvgIpc) is 2.72. The van der Waals surface area contributed by atoms with E-state index in [-0.39, 0.29) is 11.6 Å². The van der Waals surface area contributed by atoms with E-state index in [0.717, 1.165) is 30.8 Å². The molecule has 0 aliphatic carbocycles. The number of hydrogen-bond donors (Lipinski definition) is 2. The standard InChI is InChI=1S/C21H33F3N4O2/c1-5-25-19(27-15-20(2,3)29-4)26-14-18(28-10-12-30-13-11-28)16-6-8-17(9-7-16)21(22,23)24/h6-9,18H,5,10-15H2,1-4H3,(H2,25,26,27). The summed E-state index contributed by atoms with van der Waals surface area (Å²) >= 11 is 0. The highest BCUT2D eigenvalue weighted by Gasteiger charge is 2.31. The third kappa shape index (κ3) is 7.45. The number of rotatable bonds is 8. The number of nitrogens with zero attached hydrogens (tertiary/aromatic N) is 2. The number of alkyl halides is 3. The van der Waals surface area contributed by atoms with Crippen LogP contribution in [0.25, 0.3) is 0 Å². The van der Waals surface area contributed by atoms with Crippen molar-refractivity contribution in [2.24, 2.45) is 4.99 Å². The molecule has 0 spiro atoms. The molecule has 1 unspecified atom stereocenters. The van der Waals surface area contributed by atoms with E-state index in [1.807, 2.05) is 20.8 Å². The number of nitrogens with one attached hydrogen (secondary N) is 2. The normalized spacial score (nSPS) is 17.6. The fourth-order valence-corrected chi connectivity index (χ4v) is 3.11. The van der Waals surface area contributed by atoms with Gasteiger partial charge in [-0.1, -0.05) is 12.1 Å². The Balaban J connectivity index is 2.17. The maximum absolute atomic E-state index is 13.0. The third-order valence-electron chi connectivity index (χ3n) is 5.09. The zero-order valence-corrected chi connectivity index (χ0v) is 18.2.